The van der Waals surface area contributed by atoms with Crippen LogP contribution in [-0.4, -0.2) is 39.2 Å². The number of rotatable bonds is 4. The zero-order chi connectivity index (χ0) is 14.5. The number of anilines is 1. The number of nitrogens with zero attached hydrogens (tertiary/aromatic N) is 3. The highest BCUT2D eigenvalue weighted by Gasteiger charge is 2.17. The quantitative estimate of drug-likeness (QED) is 0.806. The van der Waals surface area contributed by atoms with E-state index in [1.165, 1.54) is 0 Å². The molecule has 8 heteroatoms. The Bertz CT molecular complexity index is 624. The number of urea groups is 1. The molecule has 2 rings (SSSR count). The average Bonchev–Trinajstić information content (AvgIpc) is 2.82. The topological polar surface area (TPSA) is 97.6 Å². The molecule has 0 radical (unpaired) electrons. The van der Waals surface area contributed by atoms with E-state index >= 15 is 0 Å². The van der Waals surface area contributed by atoms with Crippen molar-refractivity contribution in [2.24, 2.45) is 0 Å². The molecule has 2 aromatic rings. The van der Waals surface area contributed by atoms with E-state index in [1.807, 2.05) is 6.07 Å². The van der Waals surface area contributed by atoms with Gasteiger partial charge in [-0.25, -0.2) is 9.59 Å². The second-order valence-electron chi connectivity index (χ2n) is 4.02. The molecule has 0 aliphatic rings. The van der Waals surface area contributed by atoms with Crippen LogP contribution in [0.2, 0.25) is 0 Å². The van der Waals surface area contributed by atoms with E-state index in [4.69, 9.17) is 4.74 Å². The van der Waals surface area contributed by atoms with Gasteiger partial charge in [0.2, 0.25) is 5.95 Å². The van der Waals surface area contributed by atoms with Crippen molar-refractivity contribution in [3.63, 3.8) is 0 Å². The smallest absolute Gasteiger partial charge is 0.328 e. The van der Waals surface area contributed by atoms with Crippen LogP contribution in [0.5, 0.6) is 0 Å². The Morgan fingerprint density at radius 2 is 2.20 bits per heavy atom. The Kier molecular flexibility index (Phi) is 4.14. The Morgan fingerprint density at radius 1 is 1.40 bits per heavy atom. The predicted molar refractivity (Wildman–Crippen MR) is 71.2 cm³/mol. The number of pyridine rings is 1. The highest BCUT2D eigenvalue weighted by atomic mass is 16.5. The van der Waals surface area contributed by atoms with Crippen LogP contribution in [-0.2, 0) is 9.53 Å². The van der Waals surface area contributed by atoms with E-state index < -0.39 is 18.0 Å². The molecule has 20 heavy (non-hydrogen) atoms. The fraction of sp³-hybridized carbons (Fsp3) is 0.333. The van der Waals surface area contributed by atoms with Crippen molar-refractivity contribution < 1.29 is 14.3 Å². The number of hydrogen-bond acceptors (Lipinski definition) is 5. The molecule has 0 aromatic carbocycles. The van der Waals surface area contributed by atoms with Gasteiger partial charge in [-0.05, 0) is 26.0 Å². The van der Waals surface area contributed by atoms with Crippen LogP contribution in [0.3, 0.4) is 0 Å². The Labute approximate surface area is 115 Å². The maximum Gasteiger partial charge on any atom is 0.328 e. The van der Waals surface area contributed by atoms with Gasteiger partial charge in [0.05, 0.1) is 6.61 Å². The summed E-state index contributed by atoms with van der Waals surface area (Å²) in [5, 5.41) is 12.7. The fourth-order valence-electron chi connectivity index (χ4n) is 1.59. The molecular formula is C12H15N5O3. The number of fused-ring (bicyclic) bond motifs is 1. The first-order chi connectivity index (χ1) is 9.61. The number of nitrogens with one attached hydrogen (secondary N) is 2. The zero-order valence-corrected chi connectivity index (χ0v) is 11.2. The summed E-state index contributed by atoms with van der Waals surface area (Å²) in [7, 11) is 0. The lowest BCUT2D eigenvalue weighted by atomic mass is 10.3. The summed E-state index contributed by atoms with van der Waals surface area (Å²) in [5.74, 6) is -0.220. The van der Waals surface area contributed by atoms with Crippen molar-refractivity contribution in [1.82, 2.24) is 19.9 Å². The van der Waals surface area contributed by atoms with Gasteiger partial charge in [0, 0.05) is 6.20 Å². The van der Waals surface area contributed by atoms with E-state index in [-0.39, 0.29) is 12.6 Å². The molecule has 0 aliphatic carbocycles. The Balaban J connectivity index is 1.99. The van der Waals surface area contributed by atoms with Gasteiger partial charge < -0.3 is 10.1 Å². The molecule has 0 saturated carbocycles. The summed E-state index contributed by atoms with van der Waals surface area (Å²) >= 11 is 0. The van der Waals surface area contributed by atoms with Crippen molar-refractivity contribution in [2.75, 3.05) is 11.9 Å². The number of carbonyl (C=O) groups excluding carboxylic acids is 2. The van der Waals surface area contributed by atoms with Gasteiger partial charge in [-0.2, -0.15) is 0 Å². The maximum atomic E-state index is 11.8. The van der Waals surface area contributed by atoms with Gasteiger partial charge in [-0.15, -0.1) is 10.2 Å². The molecule has 0 fully saturated rings. The van der Waals surface area contributed by atoms with Gasteiger partial charge in [-0.3, -0.25) is 9.72 Å². The number of carbonyl (C=O) groups is 2. The fourth-order valence-corrected chi connectivity index (χ4v) is 1.59. The third-order valence-corrected chi connectivity index (χ3v) is 2.53. The van der Waals surface area contributed by atoms with E-state index in [1.54, 1.807) is 36.6 Å². The number of esters is 1. The first kappa shape index (κ1) is 13.8. The van der Waals surface area contributed by atoms with Crippen LogP contribution >= 0.6 is 0 Å². The van der Waals surface area contributed by atoms with Crippen LogP contribution < -0.4 is 10.6 Å². The molecule has 0 bridgehead atoms. The number of aromatic nitrogens is 3. The molecule has 2 N–H and O–H groups in total. The first-order valence-corrected chi connectivity index (χ1v) is 6.15. The highest BCUT2D eigenvalue weighted by Crippen LogP contribution is 2.06. The average molecular weight is 277 g/mol. The summed E-state index contributed by atoms with van der Waals surface area (Å²) < 4.78 is 6.42. The van der Waals surface area contributed by atoms with Crippen LogP contribution in [0.1, 0.15) is 13.8 Å². The number of amides is 2. The lowest BCUT2D eigenvalue weighted by molar-refractivity contribution is -0.144. The van der Waals surface area contributed by atoms with Crippen molar-refractivity contribution >= 4 is 23.6 Å². The standard InChI is InChI=1S/C12H15N5O3/c1-3-20-10(18)8(2)13-12(19)14-11-16-15-9-6-4-5-7-17(9)11/h4-8H,3H2,1-2H3,(H2,13,14,16,19)/t8-/m1/s1. The monoisotopic (exact) mass is 277 g/mol. The second-order valence-corrected chi connectivity index (χ2v) is 4.02. The van der Waals surface area contributed by atoms with Gasteiger partial charge in [-0.1, -0.05) is 6.07 Å². The van der Waals surface area contributed by atoms with Crippen LogP contribution in [0.15, 0.2) is 24.4 Å². The zero-order valence-electron chi connectivity index (χ0n) is 11.2. The third kappa shape index (κ3) is 3.02. The second kappa shape index (κ2) is 6.00. The first-order valence-electron chi connectivity index (χ1n) is 6.15. The molecule has 0 saturated heterocycles. The van der Waals surface area contributed by atoms with E-state index in [2.05, 4.69) is 20.8 Å². The molecule has 2 heterocycles. The predicted octanol–water partition coefficient (Wildman–Crippen LogP) is 0.802. The minimum atomic E-state index is -0.742. The molecule has 0 spiro atoms. The molecular weight excluding hydrogens is 262 g/mol. The SMILES string of the molecule is CCOC(=O)[C@@H](C)NC(=O)Nc1nnc2ccccn12. The summed E-state index contributed by atoms with van der Waals surface area (Å²) in [6.07, 6.45) is 1.72. The van der Waals surface area contributed by atoms with Crippen molar-refractivity contribution in [3.8, 4) is 0 Å². The Hall–Kier alpha value is -2.64. The normalized spacial score (nSPS) is 11.9. The van der Waals surface area contributed by atoms with Gasteiger partial charge in [0.15, 0.2) is 5.65 Å². The van der Waals surface area contributed by atoms with Gasteiger partial charge >= 0.3 is 12.0 Å². The maximum absolute atomic E-state index is 11.8. The number of ether oxygens (including phenoxy) is 1. The molecule has 2 aromatic heterocycles. The third-order valence-electron chi connectivity index (χ3n) is 2.53. The molecule has 8 nitrogen and oxygen atoms in total. The summed E-state index contributed by atoms with van der Waals surface area (Å²) in [6, 6.07) is 4.08. The summed E-state index contributed by atoms with van der Waals surface area (Å²) in [4.78, 5) is 23.2. The minimum absolute atomic E-state index is 0.265. The lowest BCUT2D eigenvalue weighted by Crippen LogP contribution is -2.42. The Morgan fingerprint density at radius 3 is 2.95 bits per heavy atom. The van der Waals surface area contributed by atoms with E-state index in [0.29, 0.717) is 5.65 Å². The molecule has 1 atom stereocenters. The number of hydrogen-bond donors (Lipinski definition) is 2. The lowest BCUT2D eigenvalue weighted by Gasteiger charge is -2.12. The molecule has 0 aliphatic heterocycles. The van der Waals surface area contributed by atoms with Gasteiger partial charge in [0.1, 0.15) is 6.04 Å². The minimum Gasteiger partial charge on any atom is -0.464 e. The molecule has 106 valence electrons. The van der Waals surface area contributed by atoms with E-state index in [9.17, 15) is 9.59 Å². The summed E-state index contributed by atoms with van der Waals surface area (Å²) in [5.41, 5.74) is 0.612. The van der Waals surface area contributed by atoms with Crippen LogP contribution in [0, 0.1) is 0 Å². The molecule has 2 amide bonds. The van der Waals surface area contributed by atoms with Gasteiger partial charge in [0.25, 0.3) is 0 Å². The molecule has 0 unspecified atom stereocenters. The largest absolute Gasteiger partial charge is 0.464 e. The van der Waals surface area contributed by atoms with Crippen molar-refractivity contribution in [1.29, 1.82) is 0 Å². The van der Waals surface area contributed by atoms with Crippen molar-refractivity contribution in [3.05, 3.63) is 24.4 Å². The van der Waals surface area contributed by atoms with Crippen LogP contribution in [0.4, 0.5) is 10.7 Å². The van der Waals surface area contributed by atoms with Crippen molar-refractivity contribution in [2.45, 2.75) is 19.9 Å². The summed E-state index contributed by atoms with van der Waals surface area (Å²) in [6.45, 7) is 3.51. The van der Waals surface area contributed by atoms with E-state index in [0.717, 1.165) is 0 Å². The highest BCUT2D eigenvalue weighted by molar-refractivity contribution is 5.91. The van der Waals surface area contributed by atoms with Crippen LogP contribution in [0.25, 0.3) is 5.65 Å².